The van der Waals surface area contributed by atoms with E-state index in [-0.39, 0.29) is 0 Å². The van der Waals surface area contributed by atoms with Crippen LogP contribution in [0.25, 0.3) is 11.0 Å². The van der Waals surface area contributed by atoms with Gasteiger partial charge in [0.05, 0.1) is 7.11 Å². The SMILES string of the molecule is CCCCc1nc2c(N)nnc(Oc3ccccc3)c2n1Cc1ccc(OC)cc1. The molecule has 7 heteroatoms. The second-order valence-electron chi connectivity index (χ2n) is 7.07. The number of aromatic nitrogens is 4. The summed E-state index contributed by atoms with van der Waals surface area (Å²) in [7, 11) is 1.66. The molecule has 0 bridgehead atoms. The van der Waals surface area contributed by atoms with Crippen molar-refractivity contribution in [2.24, 2.45) is 0 Å². The molecule has 0 radical (unpaired) electrons. The maximum absolute atomic E-state index is 6.14. The van der Waals surface area contributed by atoms with Gasteiger partial charge in [-0.05, 0) is 36.2 Å². The van der Waals surface area contributed by atoms with Crippen molar-refractivity contribution >= 4 is 16.9 Å². The normalized spacial score (nSPS) is 11.0. The van der Waals surface area contributed by atoms with Gasteiger partial charge < -0.3 is 19.8 Å². The molecule has 0 aliphatic rings. The van der Waals surface area contributed by atoms with Crippen LogP contribution in [0.1, 0.15) is 31.2 Å². The molecule has 0 fully saturated rings. The Morgan fingerprint density at radius 1 is 0.967 bits per heavy atom. The van der Waals surface area contributed by atoms with Crippen LogP contribution in [0, 0.1) is 0 Å². The fourth-order valence-corrected chi connectivity index (χ4v) is 3.37. The second kappa shape index (κ2) is 8.82. The highest BCUT2D eigenvalue weighted by atomic mass is 16.5. The van der Waals surface area contributed by atoms with Crippen LogP contribution in [0.2, 0.25) is 0 Å². The number of aryl methyl sites for hydroxylation is 1. The van der Waals surface area contributed by atoms with Crippen LogP contribution in [0.4, 0.5) is 5.82 Å². The minimum absolute atomic E-state index is 0.302. The van der Waals surface area contributed by atoms with Crippen molar-refractivity contribution < 1.29 is 9.47 Å². The summed E-state index contributed by atoms with van der Waals surface area (Å²) in [5, 5.41) is 8.33. The van der Waals surface area contributed by atoms with Gasteiger partial charge in [0.1, 0.15) is 28.4 Å². The Balaban J connectivity index is 1.82. The smallest absolute Gasteiger partial charge is 0.265 e. The van der Waals surface area contributed by atoms with E-state index in [1.54, 1.807) is 7.11 Å². The van der Waals surface area contributed by atoms with Crippen molar-refractivity contribution in [3.05, 3.63) is 66.0 Å². The van der Waals surface area contributed by atoms with Crippen LogP contribution in [0.5, 0.6) is 17.4 Å². The number of nitrogen functional groups attached to an aromatic ring is 1. The molecular weight excluding hydrogens is 378 g/mol. The standard InChI is InChI=1S/C23H25N5O2/c1-3-4-10-19-25-20-21(28(19)15-16-11-13-17(29-2)14-12-16)23(27-26-22(20)24)30-18-8-6-5-7-9-18/h5-9,11-14H,3-4,10,15H2,1-2H3,(H2,24,26). The van der Waals surface area contributed by atoms with Gasteiger partial charge in [-0.3, -0.25) is 0 Å². The van der Waals surface area contributed by atoms with Crippen LogP contribution in [-0.2, 0) is 13.0 Å². The second-order valence-corrected chi connectivity index (χ2v) is 7.07. The van der Waals surface area contributed by atoms with Gasteiger partial charge >= 0.3 is 0 Å². The van der Waals surface area contributed by atoms with Crippen LogP contribution < -0.4 is 15.2 Å². The Labute approximate surface area is 175 Å². The molecule has 0 saturated carbocycles. The molecule has 154 valence electrons. The molecule has 4 aromatic rings. The van der Waals surface area contributed by atoms with E-state index in [1.165, 1.54) is 0 Å². The zero-order valence-electron chi connectivity index (χ0n) is 17.2. The van der Waals surface area contributed by atoms with E-state index in [0.29, 0.717) is 29.5 Å². The van der Waals surface area contributed by atoms with Gasteiger partial charge in [0, 0.05) is 13.0 Å². The maximum atomic E-state index is 6.14. The number of ether oxygens (including phenoxy) is 2. The predicted molar refractivity (Wildman–Crippen MR) is 117 cm³/mol. The van der Waals surface area contributed by atoms with E-state index in [0.717, 1.165) is 41.9 Å². The molecule has 30 heavy (non-hydrogen) atoms. The number of hydrogen-bond donors (Lipinski definition) is 1. The average Bonchev–Trinajstić information content (AvgIpc) is 3.14. The number of para-hydroxylation sites is 1. The first-order valence-electron chi connectivity index (χ1n) is 10.1. The third kappa shape index (κ3) is 4.05. The summed E-state index contributed by atoms with van der Waals surface area (Å²) in [6.07, 6.45) is 2.94. The van der Waals surface area contributed by atoms with Gasteiger partial charge in [-0.1, -0.05) is 43.7 Å². The Bertz CT molecular complexity index is 1120. The topological polar surface area (TPSA) is 88.1 Å². The van der Waals surface area contributed by atoms with Gasteiger partial charge in [-0.2, -0.15) is 0 Å². The Morgan fingerprint density at radius 3 is 2.43 bits per heavy atom. The number of nitrogens with zero attached hydrogens (tertiary/aromatic N) is 4. The molecule has 0 spiro atoms. The summed E-state index contributed by atoms with van der Waals surface area (Å²) < 4.78 is 13.5. The molecule has 0 atom stereocenters. The molecule has 4 rings (SSSR count). The molecule has 2 N–H and O–H groups in total. The van der Waals surface area contributed by atoms with Crippen LogP contribution in [-0.4, -0.2) is 26.9 Å². The van der Waals surface area contributed by atoms with E-state index < -0.39 is 0 Å². The number of imidazole rings is 1. The number of hydrogen-bond acceptors (Lipinski definition) is 6. The van der Waals surface area contributed by atoms with Gasteiger partial charge in [0.25, 0.3) is 5.88 Å². The quantitative estimate of drug-likeness (QED) is 0.462. The first-order valence-corrected chi connectivity index (χ1v) is 10.1. The lowest BCUT2D eigenvalue weighted by molar-refractivity contribution is 0.414. The molecule has 0 aliphatic heterocycles. The van der Waals surface area contributed by atoms with Crippen LogP contribution >= 0.6 is 0 Å². The predicted octanol–water partition coefficient (Wildman–Crippen LogP) is 4.60. The molecule has 2 aromatic heterocycles. The average molecular weight is 403 g/mol. The first kappa shape index (κ1) is 19.7. The van der Waals surface area contributed by atoms with Crippen molar-refractivity contribution in [2.45, 2.75) is 32.7 Å². The molecule has 0 saturated heterocycles. The summed E-state index contributed by atoms with van der Waals surface area (Å²) in [5.41, 5.74) is 8.64. The maximum Gasteiger partial charge on any atom is 0.265 e. The third-order valence-corrected chi connectivity index (χ3v) is 4.95. The van der Waals surface area contributed by atoms with Gasteiger partial charge in [-0.15, -0.1) is 10.2 Å². The number of rotatable bonds is 8. The highest BCUT2D eigenvalue weighted by molar-refractivity contribution is 5.89. The van der Waals surface area contributed by atoms with Gasteiger partial charge in [0.2, 0.25) is 0 Å². The van der Waals surface area contributed by atoms with Gasteiger partial charge in [0.15, 0.2) is 5.82 Å². The van der Waals surface area contributed by atoms with Crippen LogP contribution in [0.3, 0.4) is 0 Å². The monoisotopic (exact) mass is 403 g/mol. The molecule has 2 heterocycles. The van der Waals surface area contributed by atoms with E-state index in [9.17, 15) is 0 Å². The van der Waals surface area contributed by atoms with Crippen molar-refractivity contribution in [3.8, 4) is 17.4 Å². The summed E-state index contributed by atoms with van der Waals surface area (Å²) in [6, 6.07) is 17.5. The molecular formula is C23H25N5O2. The third-order valence-electron chi connectivity index (χ3n) is 4.95. The number of methoxy groups -OCH3 is 1. The summed E-state index contributed by atoms with van der Waals surface area (Å²) in [5.74, 6) is 3.15. The van der Waals surface area contributed by atoms with Crippen molar-refractivity contribution in [3.63, 3.8) is 0 Å². The highest BCUT2D eigenvalue weighted by Gasteiger charge is 2.20. The lowest BCUT2D eigenvalue weighted by atomic mass is 10.2. The number of nitrogens with two attached hydrogens (primary N) is 1. The minimum atomic E-state index is 0.302. The van der Waals surface area contributed by atoms with Crippen LogP contribution in [0.15, 0.2) is 54.6 Å². The Hall–Kier alpha value is -3.61. The number of fused-ring (bicyclic) bond motifs is 1. The minimum Gasteiger partial charge on any atom is -0.497 e. The largest absolute Gasteiger partial charge is 0.497 e. The zero-order valence-corrected chi connectivity index (χ0v) is 17.2. The van der Waals surface area contributed by atoms with Crippen molar-refractivity contribution in [1.82, 2.24) is 19.7 Å². The summed E-state index contributed by atoms with van der Waals surface area (Å²) in [4.78, 5) is 4.81. The number of unbranched alkanes of at least 4 members (excludes halogenated alkanes) is 1. The number of anilines is 1. The van der Waals surface area contributed by atoms with E-state index in [1.807, 2.05) is 54.6 Å². The molecule has 7 nitrogen and oxygen atoms in total. The van der Waals surface area contributed by atoms with E-state index in [2.05, 4.69) is 21.7 Å². The summed E-state index contributed by atoms with van der Waals surface area (Å²) >= 11 is 0. The van der Waals surface area contributed by atoms with Crippen molar-refractivity contribution in [1.29, 1.82) is 0 Å². The molecule has 0 aliphatic carbocycles. The molecule has 0 amide bonds. The fourth-order valence-electron chi connectivity index (χ4n) is 3.37. The fraction of sp³-hybridized carbons (Fsp3) is 0.261. The van der Waals surface area contributed by atoms with Gasteiger partial charge in [-0.25, -0.2) is 4.98 Å². The number of benzene rings is 2. The molecule has 2 aromatic carbocycles. The van der Waals surface area contributed by atoms with E-state index >= 15 is 0 Å². The van der Waals surface area contributed by atoms with E-state index in [4.69, 9.17) is 20.2 Å². The van der Waals surface area contributed by atoms with Crippen molar-refractivity contribution in [2.75, 3.05) is 12.8 Å². The lowest BCUT2D eigenvalue weighted by Crippen LogP contribution is -2.07. The molecule has 0 unspecified atom stereocenters. The Kier molecular flexibility index (Phi) is 5.79. The first-order chi connectivity index (χ1) is 14.7. The highest BCUT2D eigenvalue weighted by Crippen LogP contribution is 2.31. The Morgan fingerprint density at radius 2 is 1.73 bits per heavy atom. The zero-order chi connectivity index (χ0) is 20.9. The summed E-state index contributed by atoms with van der Waals surface area (Å²) in [6.45, 7) is 2.79. The lowest BCUT2D eigenvalue weighted by Gasteiger charge is -2.12.